The lowest BCUT2D eigenvalue weighted by Crippen LogP contribution is -2.41. The molecule has 3 aliphatic carbocycles. The van der Waals surface area contributed by atoms with Crippen LogP contribution in [0.1, 0.15) is 84.0 Å². The minimum Gasteiger partial charge on any atom is -0.300 e. The van der Waals surface area contributed by atoms with Gasteiger partial charge in [0.1, 0.15) is 0 Å². The molecule has 0 aromatic rings. The zero-order valence-electron chi connectivity index (χ0n) is 19.9. The Labute approximate surface area is 191 Å². The van der Waals surface area contributed by atoms with Gasteiger partial charge in [0.25, 0.3) is 0 Å². The Kier molecular flexibility index (Phi) is 7.15. The number of likely N-dealkylation sites (tertiary alicyclic amines) is 1. The molecule has 5 rings (SSSR count). The van der Waals surface area contributed by atoms with E-state index in [-0.39, 0.29) is 0 Å². The summed E-state index contributed by atoms with van der Waals surface area (Å²) in [6.45, 7) is 6.42. The highest BCUT2D eigenvalue weighted by atomic mass is 15.2. The van der Waals surface area contributed by atoms with Crippen molar-refractivity contribution in [3.63, 3.8) is 0 Å². The minimum atomic E-state index is 0.686. The average Bonchev–Trinajstić information content (AvgIpc) is 3.34. The first-order valence-corrected chi connectivity index (χ1v) is 13.5. The molecule has 0 spiro atoms. The van der Waals surface area contributed by atoms with Crippen LogP contribution in [0.3, 0.4) is 0 Å². The molecule has 5 aliphatic rings. The lowest BCUT2D eigenvalue weighted by molar-refractivity contribution is 0.143. The summed E-state index contributed by atoms with van der Waals surface area (Å²) in [5.74, 6) is 1.62. The van der Waals surface area contributed by atoms with Crippen LogP contribution in [0, 0.1) is 11.8 Å². The van der Waals surface area contributed by atoms with Crippen molar-refractivity contribution < 1.29 is 0 Å². The number of hydrogen-bond donors (Lipinski definition) is 0. The van der Waals surface area contributed by atoms with Crippen LogP contribution in [0.5, 0.6) is 0 Å². The highest BCUT2D eigenvalue weighted by molar-refractivity contribution is 5.25. The lowest BCUT2D eigenvalue weighted by Gasteiger charge is -2.37. The van der Waals surface area contributed by atoms with E-state index in [2.05, 4.69) is 53.2 Å². The van der Waals surface area contributed by atoms with E-state index in [0.29, 0.717) is 5.92 Å². The molecular formula is C29H44N2. The topological polar surface area (TPSA) is 6.48 Å². The molecule has 0 aromatic carbocycles. The number of piperidine rings is 1. The fourth-order valence-corrected chi connectivity index (χ4v) is 6.73. The predicted octanol–water partition coefficient (Wildman–Crippen LogP) is 6.66. The first kappa shape index (κ1) is 21.7. The Hall–Kier alpha value is -1.12. The van der Waals surface area contributed by atoms with Gasteiger partial charge in [0.15, 0.2) is 0 Å². The van der Waals surface area contributed by atoms with E-state index in [1.165, 1.54) is 96.7 Å². The first-order chi connectivity index (χ1) is 15.3. The fourth-order valence-electron chi connectivity index (χ4n) is 6.73. The van der Waals surface area contributed by atoms with Gasteiger partial charge in [0.05, 0.1) is 0 Å². The molecule has 0 radical (unpaired) electrons. The Balaban J connectivity index is 1.26. The van der Waals surface area contributed by atoms with E-state index in [1.54, 1.807) is 11.1 Å². The molecule has 0 amide bonds. The summed E-state index contributed by atoms with van der Waals surface area (Å²) >= 11 is 0. The van der Waals surface area contributed by atoms with Gasteiger partial charge >= 0.3 is 0 Å². The van der Waals surface area contributed by atoms with Gasteiger partial charge in [-0.1, -0.05) is 55.4 Å². The maximum atomic E-state index is 2.89. The van der Waals surface area contributed by atoms with Gasteiger partial charge in [-0.25, -0.2) is 0 Å². The largest absolute Gasteiger partial charge is 0.300 e. The Morgan fingerprint density at radius 3 is 2.68 bits per heavy atom. The molecule has 2 nitrogen and oxygen atoms in total. The number of fused-ring (bicyclic) bond motifs is 1. The molecule has 4 unspecified atom stereocenters. The molecule has 1 saturated carbocycles. The van der Waals surface area contributed by atoms with Crippen LogP contribution >= 0.6 is 0 Å². The number of nitrogens with zero attached hydrogens (tertiary/aromatic N) is 2. The molecule has 0 N–H and O–H groups in total. The zero-order chi connectivity index (χ0) is 21.0. The Bertz CT molecular complexity index is 723. The second-order valence-electron chi connectivity index (χ2n) is 11.0. The van der Waals surface area contributed by atoms with Crippen molar-refractivity contribution in [2.24, 2.45) is 11.8 Å². The summed E-state index contributed by atoms with van der Waals surface area (Å²) in [6.07, 6.45) is 31.0. The van der Waals surface area contributed by atoms with Crippen LogP contribution in [0.4, 0.5) is 0 Å². The standard InChI is InChI=1S/C29H44N2/c1-23(25-10-4-2-5-11-25)20-28(30-17-8-3-9-18-30)21-24-14-15-26-22-29(26)31(19-16-24)27-12-6-7-13-27/h4,6,10-12,14,23,26-29H,2-3,5,7-9,13,15-22H2,1H3/t23?,26?,27?,28-,29?/m1/s1. The maximum absolute atomic E-state index is 2.89. The summed E-state index contributed by atoms with van der Waals surface area (Å²) in [4.78, 5) is 5.75. The van der Waals surface area contributed by atoms with E-state index in [1.807, 2.05) is 0 Å². The molecule has 2 fully saturated rings. The van der Waals surface area contributed by atoms with Crippen LogP contribution in [-0.4, -0.2) is 47.6 Å². The van der Waals surface area contributed by atoms with Crippen molar-refractivity contribution in [3.05, 3.63) is 47.6 Å². The summed E-state index contributed by atoms with van der Waals surface area (Å²) in [6, 6.07) is 2.35. The van der Waals surface area contributed by atoms with E-state index >= 15 is 0 Å². The molecule has 2 heterocycles. The normalized spacial score (nSPS) is 33.8. The minimum absolute atomic E-state index is 0.686. The van der Waals surface area contributed by atoms with Crippen LogP contribution in [0.2, 0.25) is 0 Å². The number of hydrogen-bond acceptors (Lipinski definition) is 2. The maximum Gasteiger partial charge on any atom is 0.0284 e. The van der Waals surface area contributed by atoms with Crippen molar-refractivity contribution in [1.29, 1.82) is 0 Å². The third kappa shape index (κ3) is 5.45. The highest BCUT2D eigenvalue weighted by Crippen LogP contribution is 2.43. The van der Waals surface area contributed by atoms with Crippen molar-refractivity contribution in [2.75, 3.05) is 19.6 Å². The Morgan fingerprint density at radius 1 is 1.00 bits per heavy atom. The predicted molar refractivity (Wildman–Crippen MR) is 132 cm³/mol. The van der Waals surface area contributed by atoms with E-state index in [9.17, 15) is 0 Å². The van der Waals surface area contributed by atoms with Crippen molar-refractivity contribution in [3.8, 4) is 0 Å². The van der Waals surface area contributed by atoms with Crippen molar-refractivity contribution in [1.82, 2.24) is 9.80 Å². The number of allylic oxidation sites excluding steroid dienone is 6. The fraction of sp³-hybridized carbons (Fsp3) is 0.724. The second-order valence-corrected chi connectivity index (χ2v) is 11.0. The van der Waals surface area contributed by atoms with Crippen molar-refractivity contribution in [2.45, 2.75) is 102 Å². The van der Waals surface area contributed by atoms with Crippen LogP contribution < -0.4 is 0 Å². The van der Waals surface area contributed by atoms with Gasteiger partial charge in [0.2, 0.25) is 0 Å². The van der Waals surface area contributed by atoms with E-state index in [0.717, 1.165) is 24.0 Å². The molecular weight excluding hydrogens is 376 g/mol. The quantitative estimate of drug-likeness (QED) is 0.425. The molecule has 0 bridgehead atoms. The molecule has 170 valence electrons. The van der Waals surface area contributed by atoms with Gasteiger partial charge < -0.3 is 4.90 Å². The van der Waals surface area contributed by atoms with Gasteiger partial charge in [0, 0.05) is 24.7 Å². The monoisotopic (exact) mass is 420 g/mol. The highest BCUT2D eigenvalue weighted by Gasteiger charge is 2.43. The van der Waals surface area contributed by atoms with Gasteiger partial charge in [-0.15, -0.1) is 0 Å². The summed E-state index contributed by atoms with van der Waals surface area (Å²) in [5.41, 5.74) is 3.37. The van der Waals surface area contributed by atoms with Crippen LogP contribution in [0.15, 0.2) is 47.6 Å². The third-order valence-corrected chi connectivity index (χ3v) is 8.75. The lowest BCUT2D eigenvalue weighted by atomic mass is 9.86. The van der Waals surface area contributed by atoms with Crippen LogP contribution in [-0.2, 0) is 0 Å². The van der Waals surface area contributed by atoms with Gasteiger partial charge in [-0.2, -0.15) is 0 Å². The van der Waals surface area contributed by atoms with Crippen molar-refractivity contribution >= 4 is 0 Å². The van der Waals surface area contributed by atoms with Gasteiger partial charge in [-0.3, -0.25) is 4.90 Å². The van der Waals surface area contributed by atoms with E-state index < -0.39 is 0 Å². The average molecular weight is 421 g/mol. The molecule has 0 aromatic heterocycles. The molecule has 2 heteroatoms. The van der Waals surface area contributed by atoms with E-state index in [4.69, 9.17) is 0 Å². The smallest absolute Gasteiger partial charge is 0.0284 e. The van der Waals surface area contributed by atoms with Gasteiger partial charge in [-0.05, 0) is 101 Å². The first-order valence-electron chi connectivity index (χ1n) is 13.5. The number of rotatable bonds is 7. The summed E-state index contributed by atoms with van der Waals surface area (Å²) < 4.78 is 0. The molecule has 31 heavy (non-hydrogen) atoms. The third-order valence-electron chi connectivity index (χ3n) is 8.75. The molecule has 1 saturated heterocycles. The molecule has 2 aliphatic heterocycles. The SMILES string of the molecule is CC(C[C@H](CC1=CCC2CC2N(C2C=CCC2)CC1)N1CCCCC1)C1=CCCC=C1. The zero-order valence-corrected chi connectivity index (χ0v) is 19.9. The van der Waals surface area contributed by atoms with Crippen LogP contribution in [0.25, 0.3) is 0 Å². The Morgan fingerprint density at radius 2 is 1.90 bits per heavy atom. The molecule has 5 atom stereocenters. The second kappa shape index (κ2) is 10.2. The summed E-state index contributed by atoms with van der Waals surface area (Å²) in [5, 5.41) is 0. The summed E-state index contributed by atoms with van der Waals surface area (Å²) in [7, 11) is 0.